The summed E-state index contributed by atoms with van der Waals surface area (Å²) in [5, 5.41) is 17.1. The summed E-state index contributed by atoms with van der Waals surface area (Å²) in [6.07, 6.45) is 0. The van der Waals surface area contributed by atoms with Gasteiger partial charge in [-0.3, -0.25) is 0 Å². The monoisotopic (exact) mass is 308 g/mol. The van der Waals surface area contributed by atoms with Gasteiger partial charge in [0, 0.05) is 5.69 Å². The zero-order valence-electron chi connectivity index (χ0n) is 12.6. The Labute approximate surface area is 133 Å². The van der Waals surface area contributed by atoms with E-state index in [0.717, 1.165) is 16.9 Å². The molecule has 23 heavy (non-hydrogen) atoms. The highest BCUT2D eigenvalue weighted by molar-refractivity contribution is 5.89. The van der Waals surface area contributed by atoms with E-state index >= 15 is 0 Å². The highest BCUT2D eigenvalue weighted by atomic mass is 16.2. The summed E-state index contributed by atoms with van der Waals surface area (Å²) in [5.41, 5.74) is 2.71. The number of anilines is 1. The third-order valence-electron chi connectivity index (χ3n) is 3.25. The number of para-hydroxylation sites is 1. The van der Waals surface area contributed by atoms with Crippen molar-refractivity contribution >= 4 is 11.7 Å². The Morgan fingerprint density at radius 2 is 1.83 bits per heavy atom. The molecule has 2 aromatic carbocycles. The number of urea groups is 1. The van der Waals surface area contributed by atoms with E-state index in [1.807, 2.05) is 61.5 Å². The van der Waals surface area contributed by atoms with E-state index in [-0.39, 0.29) is 12.6 Å². The number of nitrogens with one attached hydrogen (secondary N) is 2. The van der Waals surface area contributed by atoms with Crippen LogP contribution in [0, 0.1) is 6.92 Å². The molecule has 0 aliphatic rings. The van der Waals surface area contributed by atoms with Crippen molar-refractivity contribution in [2.45, 2.75) is 13.5 Å². The smallest absolute Gasteiger partial charge is 0.319 e. The number of hydrogen-bond acceptors (Lipinski definition) is 4. The minimum Gasteiger partial charge on any atom is -0.330 e. The van der Waals surface area contributed by atoms with Gasteiger partial charge < -0.3 is 10.6 Å². The Hall–Kier alpha value is -3.22. The van der Waals surface area contributed by atoms with Gasteiger partial charge in [0.1, 0.15) is 0 Å². The van der Waals surface area contributed by atoms with Crippen LogP contribution in [0.1, 0.15) is 11.4 Å². The minimum atomic E-state index is -0.309. The highest BCUT2D eigenvalue weighted by Crippen LogP contribution is 2.09. The fraction of sp³-hybridized carbons (Fsp3) is 0.125. The lowest BCUT2D eigenvalue weighted by molar-refractivity contribution is 0.251. The number of aryl methyl sites for hydroxylation is 1. The normalized spacial score (nSPS) is 10.3. The highest BCUT2D eigenvalue weighted by Gasteiger charge is 2.09. The van der Waals surface area contributed by atoms with Crippen molar-refractivity contribution in [2.24, 2.45) is 0 Å². The second-order valence-corrected chi connectivity index (χ2v) is 5.02. The summed E-state index contributed by atoms with van der Waals surface area (Å²) < 4.78 is 1.59. The zero-order valence-corrected chi connectivity index (χ0v) is 12.6. The molecule has 116 valence electrons. The molecule has 0 saturated heterocycles. The molecule has 0 fully saturated rings. The Morgan fingerprint density at radius 3 is 2.57 bits per heavy atom. The van der Waals surface area contributed by atoms with Crippen molar-refractivity contribution in [1.29, 1.82) is 0 Å². The lowest BCUT2D eigenvalue weighted by Crippen LogP contribution is -2.29. The molecule has 7 nitrogen and oxygen atoms in total. The van der Waals surface area contributed by atoms with Gasteiger partial charge in [0.05, 0.1) is 12.2 Å². The van der Waals surface area contributed by atoms with E-state index in [2.05, 4.69) is 26.2 Å². The van der Waals surface area contributed by atoms with Crippen molar-refractivity contribution in [3.63, 3.8) is 0 Å². The van der Waals surface area contributed by atoms with Gasteiger partial charge in [-0.1, -0.05) is 35.9 Å². The summed E-state index contributed by atoms with van der Waals surface area (Å²) in [6.45, 7) is 2.22. The maximum Gasteiger partial charge on any atom is 0.319 e. The Kier molecular flexibility index (Phi) is 4.28. The van der Waals surface area contributed by atoms with Crippen molar-refractivity contribution in [3.8, 4) is 5.69 Å². The van der Waals surface area contributed by atoms with Crippen LogP contribution in [0.4, 0.5) is 10.5 Å². The standard InChI is InChI=1S/C16H16N6O/c1-12-7-9-13(10-8-12)18-16(23)17-11-15-19-20-21-22(15)14-5-3-2-4-6-14/h2-10H,11H2,1H3,(H2,17,18,23). The molecular formula is C16H16N6O. The number of carbonyl (C=O) groups is 1. The second kappa shape index (κ2) is 6.69. The maximum absolute atomic E-state index is 11.9. The average molecular weight is 308 g/mol. The summed E-state index contributed by atoms with van der Waals surface area (Å²) in [7, 11) is 0. The van der Waals surface area contributed by atoms with Gasteiger partial charge in [0.25, 0.3) is 0 Å². The third kappa shape index (κ3) is 3.70. The SMILES string of the molecule is Cc1ccc(NC(=O)NCc2nnnn2-c2ccccc2)cc1. The topological polar surface area (TPSA) is 84.7 Å². The molecule has 2 amide bonds. The predicted octanol–water partition coefficient (Wildman–Crippen LogP) is 2.29. The number of tetrazole rings is 1. The lowest BCUT2D eigenvalue weighted by Gasteiger charge is -2.08. The van der Waals surface area contributed by atoms with Gasteiger partial charge in [-0.05, 0) is 41.6 Å². The molecule has 0 aliphatic heterocycles. The van der Waals surface area contributed by atoms with Crippen LogP contribution in [-0.4, -0.2) is 26.2 Å². The van der Waals surface area contributed by atoms with Crippen LogP contribution >= 0.6 is 0 Å². The molecule has 0 unspecified atom stereocenters. The molecule has 3 aromatic rings. The number of carbonyl (C=O) groups excluding carboxylic acids is 1. The minimum absolute atomic E-state index is 0.222. The van der Waals surface area contributed by atoms with E-state index in [1.54, 1.807) is 4.68 Å². The van der Waals surface area contributed by atoms with Crippen molar-refractivity contribution in [1.82, 2.24) is 25.5 Å². The fourth-order valence-electron chi connectivity index (χ4n) is 2.06. The first-order chi connectivity index (χ1) is 11.2. The zero-order chi connectivity index (χ0) is 16.1. The van der Waals surface area contributed by atoms with Crippen LogP contribution in [0.25, 0.3) is 5.69 Å². The Bertz CT molecular complexity index is 782. The quantitative estimate of drug-likeness (QED) is 0.774. The summed E-state index contributed by atoms with van der Waals surface area (Å²) in [4.78, 5) is 11.9. The molecule has 0 spiro atoms. The number of aromatic nitrogens is 4. The largest absolute Gasteiger partial charge is 0.330 e. The van der Waals surface area contributed by atoms with Crippen molar-refractivity contribution < 1.29 is 4.79 Å². The molecule has 1 heterocycles. The van der Waals surface area contributed by atoms with E-state index in [0.29, 0.717) is 5.82 Å². The molecular weight excluding hydrogens is 292 g/mol. The second-order valence-electron chi connectivity index (χ2n) is 5.02. The molecule has 3 rings (SSSR count). The van der Waals surface area contributed by atoms with Crippen LogP contribution in [0.15, 0.2) is 54.6 Å². The number of benzene rings is 2. The van der Waals surface area contributed by atoms with E-state index in [4.69, 9.17) is 0 Å². The van der Waals surface area contributed by atoms with Gasteiger partial charge in [-0.15, -0.1) is 5.10 Å². The number of rotatable bonds is 4. The van der Waals surface area contributed by atoms with Crippen molar-refractivity contribution in [2.75, 3.05) is 5.32 Å². The van der Waals surface area contributed by atoms with Gasteiger partial charge in [-0.2, -0.15) is 4.68 Å². The fourth-order valence-corrected chi connectivity index (χ4v) is 2.06. The first-order valence-corrected chi connectivity index (χ1v) is 7.16. The van der Waals surface area contributed by atoms with Crippen LogP contribution in [0.5, 0.6) is 0 Å². The van der Waals surface area contributed by atoms with Crippen LogP contribution < -0.4 is 10.6 Å². The Morgan fingerprint density at radius 1 is 1.09 bits per heavy atom. The number of nitrogens with zero attached hydrogens (tertiary/aromatic N) is 4. The third-order valence-corrected chi connectivity index (χ3v) is 3.25. The van der Waals surface area contributed by atoms with Gasteiger partial charge in [-0.25, -0.2) is 4.79 Å². The summed E-state index contributed by atoms with van der Waals surface area (Å²) in [5.74, 6) is 0.551. The summed E-state index contributed by atoms with van der Waals surface area (Å²) >= 11 is 0. The molecule has 0 aliphatic carbocycles. The van der Waals surface area contributed by atoms with Crippen LogP contribution in [0.3, 0.4) is 0 Å². The molecule has 7 heteroatoms. The summed E-state index contributed by atoms with van der Waals surface area (Å²) in [6, 6.07) is 16.8. The molecule has 0 radical (unpaired) electrons. The van der Waals surface area contributed by atoms with Crippen molar-refractivity contribution in [3.05, 3.63) is 66.0 Å². The van der Waals surface area contributed by atoms with Gasteiger partial charge >= 0.3 is 6.03 Å². The lowest BCUT2D eigenvalue weighted by atomic mass is 10.2. The molecule has 0 atom stereocenters. The van der Waals surface area contributed by atoms with E-state index in [9.17, 15) is 4.79 Å². The first kappa shape index (κ1) is 14.7. The Balaban J connectivity index is 1.62. The molecule has 0 bridgehead atoms. The van der Waals surface area contributed by atoms with E-state index < -0.39 is 0 Å². The maximum atomic E-state index is 11.9. The van der Waals surface area contributed by atoms with Crippen LogP contribution in [0.2, 0.25) is 0 Å². The molecule has 0 saturated carbocycles. The number of hydrogen-bond donors (Lipinski definition) is 2. The van der Waals surface area contributed by atoms with Gasteiger partial charge in [0.2, 0.25) is 0 Å². The first-order valence-electron chi connectivity index (χ1n) is 7.16. The van der Waals surface area contributed by atoms with Gasteiger partial charge in [0.15, 0.2) is 5.82 Å². The molecule has 2 N–H and O–H groups in total. The van der Waals surface area contributed by atoms with E-state index in [1.165, 1.54) is 0 Å². The molecule has 1 aromatic heterocycles. The number of amides is 2. The van der Waals surface area contributed by atoms with Crippen LogP contribution in [-0.2, 0) is 6.54 Å². The predicted molar refractivity (Wildman–Crippen MR) is 86.2 cm³/mol. The average Bonchev–Trinajstić information content (AvgIpc) is 3.04.